The Morgan fingerprint density at radius 1 is 1.35 bits per heavy atom. The van der Waals surface area contributed by atoms with E-state index >= 15 is 0 Å². The molecule has 1 aliphatic carbocycles. The summed E-state index contributed by atoms with van der Waals surface area (Å²) in [5.41, 5.74) is 1.77. The number of nitrogens with zero attached hydrogens (tertiary/aromatic N) is 1. The second-order valence-corrected chi connectivity index (χ2v) is 6.22. The molecule has 0 aromatic heterocycles. The fourth-order valence-corrected chi connectivity index (χ4v) is 3.30. The lowest BCUT2D eigenvalue weighted by molar-refractivity contribution is -0.127. The number of likely N-dealkylation sites (tertiary alicyclic amines) is 1. The molecule has 1 aromatic rings. The van der Waals surface area contributed by atoms with Crippen molar-refractivity contribution in [3.05, 3.63) is 29.1 Å². The van der Waals surface area contributed by atoms with Crippen LogP contribution in [-0.4, -0.2) is 30.5 Å². The molecule has 0 spiro atoms. The summed E-state index contributed by atoms with van der Waals surface area (Å²) in [7, 11) is 0. The quantitative estimate of drug-likeness (QED) is 0.848. The molecule has 2 heterocycles. The van der Waals surface area contributed by atoms with Crippen LogP contribution in [0.15, 0.2) is 12.1 Å². The van der Waals surface area contributed by atoms with Gasteiger partial charge in [-0.15, -0.1) is 0 Å². The zero-order chi connectivity index (χ0) is 13.7. The molecule has 1 unspecified atom stereocenters. The van der Waals surface area contributed by atoms with Crippen molar-refractivity contribution in [1.82, 2.24) is 4.90 Å². The van der Waals surface area contributed by atoms with Gasteiger partial charge < -0.3 is 9.64 Å². The highest BCUT2D eigenvalue weighted by Gasteiger charge is 2.36. The number of rotatable bonds is 3. The number of carbonyl (C=O) groups is 1. The zero-order valence-corrected chi connectivity index (χ0v) is 11.4. The number of hydrogen-bond donors (Lipinski definition) is 0. The van der Waals surface area contributed by atoms with Crippen molar-refractivity contribution in [1.29, 1.82) is 0 Å². The first-order valence-electron chi connectivity index (χ1n) is 7.43. The van der Waals surface area contributed by atoms with Crippen molar-refractivity contribution in [2.24, 2.45) is 5.92 Å². The summed E-state index contributed by atoms with van der Waals surface area (Å²) in [5, 5.41) is 0. The molecule has 0 radical (unpaired) electrons. The molecule has 0 bridgehead atoms. The van der Waals surface area contributed by atoms with Crippen LogP contribution in [0.3, 0.4) is 0 Å². The average molecular weight is 275 g/mol. The van der Waals surface area contributed by atoms with E-state index in [2.05, 4.69) is 0 Å². The largest absolute Gasteiger partial charge is 0.493 e. The molecule has 1 saturated heterocycles. The summed E-state index contributed by atoms with van der Waals surface area (Å²) in [6, 6.07) is 3.40. The molecule has 4 rings (SSSR count). The molecule has 3 aliphatic rings. The van der Waals surface area contributed by atoms with Crippen molar-refractivity contribution in [3.8, 4) is 5.75 Å². The Labute approximate surface area is 117 Å². The zero-order valence-electron chi connectivity index (χ0n) is 11.4. The predicted octanol–water partition coefficient (Wildman–Crippen LogP) is 2.49. The Morgan fingerprint density at radius 2 is 2.20 bits per heavy atom. The van der Waals surface area contributed by atoms with Crippen molar-refractivity contribution in [2.75, 3.05) is 19.7 Å². The molecule has 0 N–H and O–H groups in total. The maximum atomic E-state index is 14.2. The first-order chi connectivity index (χ1) is 9.70. The highest BCUT2D eigenvalue weighted by molar-refractivity contribution is 5.80. The molecule has 2 fully saturated rings. The fourth-order valence-electron chi connectivity index (χ4n) is 3.30. The monoisotopic (exact) mass is 275 g/mol. The van der Waals surface area contributed by atoms with E-state index in [1.165, 1.54) is 18.9 Å². The van der Waals surface area contributed by atoms with Crippen molar-refractivity contribution >= 4 is 5.91 Å². The Bertz CT molecular complexity index is 568. The van der Waals surface area contributed by atoms with Crippen LogP contribution in [-0.2, 0) is 11.2 Å². The summed E-state index contributed by atoms with van der Waals surface area (Å²) in [6.07, 6.45) is 3.76. The number of hydrogen-bond acceptors (Lipinski definition) is 2. The maximum absolute atomic E-state index is 14.2. The van der Waals surface area contributed by atoms with Gasteiger partial charge in [-0.05, 0) is 36.0 Å². The first kappa shape index (κ1) is 12.2. The number of benzene rings is 1. The van der Waals surface area contributed by atoms with Crippen LogP contribution in [0, 0.1) is 11.7 Å². The van der Waals surface area contributed by atoms with Gasteiger partial charge in [0.2, 0.25) is 5.91 Å². The third kappa shape index (κ3) is 2.07. The van der Waals surface area contributed by atoms with E-state index in [-0.39, 0.29) is 17.6 Å². The smallest absolute Gasteiger partial charge is 0.223 e. The summed E-state index contributed by atoms with van der Waals surface area (Å²) in [5.74, 6) is 1.32. The van der Waals surface area contributed by atoms with Gasteiger partial charge in [0, 0.05) is 37.9 Å². The third-order valence-electron chi connectivity index (χ3n) is 4.64. The van der Waals surface area contributed by atoms with E-state index in [1.807, 2.05) is 11.0 Å². The molecular formula is C16H18FNO2. The summed E-state index contributed by atoms with van der Waals surface area (Å²) in [6.45, 7) is 2.17. The van der Waals surface area contributed by atoms with Gasteiger partial charge in [-0.2, -0.15) is 0 Å². The van der Waals surface area contributed by atoms with Gasteiger partial charge in [-0.1, -0.05) is 0 Å². The van der Waals surface area contributed by atoms with E-state index in [0.29, 0.717) is 36.8 Å². The summed E-state index contributed by atoms with van der Waals surface area (Å²) >= 11 is 0. The van der Waals surface area contributed by atoms with Gasteiger partial charge in [0.1, 0.15) is 11.6 Å². The molecule has 2 aliphatic heterocycles. The molecule has 1 atom stereocenters. The minimum Gasteiger partial charge on any atom is -0.493 e. The second-order valence-electron chi connectivity index (χ2n) is 6.22. The highest BCUT2D eigenvalue weighted by atomic mass is 19.1. The average Bonchev–Trinajstić information content (AvgIpc) is 2.99. The van der Waals surface area contributed by atoms with Crippen molar-refractivity contribution in [3.63, 3.8) is 0 Å². The Balaban J connectivity index is 1.57. The molecule has 3 nitrogen and oxygen atoms in total. The van der Waals surface area contributed by atoms with Crippen LogP contribution in [0.1, 0.15) is 36.3 Å². The minimum absolute atomic E-state index is 0.00662. The van der Waals surface area contributed by atoms with E-state index in [9.17, 15) is 9.18 Å². The summed E-state index contributed by atoms with van der Waals surface area (Å²) < 4.78 is 19.6. The lowest BCUT2D eigenvalue weighted by Gasteiger charge is -2.17. The number of carbonyl (C=O) groups excluding carboxylic acids is 1. The summed E-state index contributed by atoms with van der Waals surface area (Å²) in [4.78, 5) is 14.0. The number of halogens is 1. The van der Waals surface area contributed by atoms with E-state index in [0.717, 1.165) is 18.5 Å². The lowest BCUT2D eigenvalue weighted by atomic mass is 9.95. The molecule has 4 heteroatoms. The van der Waals surface area contributed by atoms with Crippen LogP contribution in [0.25, 0.3) is 0 Å². The Hall–Kier alpha value is -1.58. The lowest BCUT2D eigenvalue weighted by Crippen LogP contribution is -2.27. The van der Waals surface area contributed by atoms with Gasteiger partial charge in [-0.25, -0.2) is 4.39 Å². The van der Waals surface area contributed by atoms with Gasteiger partial charge in [0.25, 0.3) is 0 Å². The predicted molar refractivity (Wildman–Crippen MR) is 72.3 cm³/mol. The van der Waals surface area contributed by atoms with Crippen LogP contribution in [0.4, 0.5) is 4.39 Å². The Morgan fingerprint density at radius 3 is 3.00 bits per heavy atom. The first-order valence-corrected chi connectivity index (χ1v) is 7.43. The normalized spacial score (nSPS) is 24.9. The molecular weight excluding hydrogens is 257 g/mol. The fraction of sp³-hybridized carbons (Fsp3) is 0.562. The minimum atomic E-state index is -0.225. The molecule has 20 heavy (non-hydrogen) atoms. The van der Waals surface area contributed by atoms with Gasteiger partial charge in [0.05, 0.1) is 6.61 Å². The van der Waals surface area contributed by atoms with Crippen LogP contribution < -0.4 is 4.74 Å². The van der Waals surface area contributed by atoms with E-state index < -0.39 is 0 Å². The Kier molecular flexibility index (Phi) is 2.72. The topological polar surface area (TPSA) is 29.5 Å². The van der Waals surface area contributed by atoms with E-state index in [4.69, 9.17) is 4.74 Å². The molecule has 1 amide bonds. The SMILES string of the molecule is O=C1CC(c2cc3c(cc2F)OCC3)CN1CC1CC1. The number of fused-ring (bicyclic) bond motifs is 1. The molecule has 1 aromatic carbocycles. The van der Waals surface area contributed by atoms with Gasteiger partial charge >= 0.3 is 0 Å². The third-order valence-corrected chi connectivity index (χ3v) is 4.64. The van der Waals surface area contributed by atoms with E-state index in [1.54, 1.807) is 0 Å². The highest BCUT2D eigenvalue weighted by Crippen LogP contribution is 2.37. The molecule has 1 saturated carbocycles. The van der Waals surface area contributed by atoms with Crippen LogP contribution in [0.2, 0.25) is 0 Å². The van der Waals surface area contributed by atoms with Crippen molar-refractivity contribution in [2.45, 2.75) is 31.6 Å². The number of amides is 1. The maximum Gasteiger partial charge on any atom is 0.223 e. The van der Waals surface area contributed by atoms with Crippen LogP contribution in [0.5, 0.6) is 5.75 Å². The second kappa shape index (κ2) is 4.47. The standard InChI is InChI=1S/C16H18FNO2/c17-14-7-15-11(3-4-20-15)5-13(14)12-6-16(19)18(9-12)8-10-1-2-10/h5,7,10,12H,1-4,6,8-9H2. The van der Waals surface area contributed by atoms with Gasteiger partial charge in [-0.3, -0.25) is 4.79 Å². The molecule has 106 valence electrons. The van der Waals surface area contributed by atoms with Gasteiger partial charge in [0.15, 0.2) is 0 Å². The van der Waals surface area contributed by atoms with Crippen LogP contribution >= 0.6 is 0 Å². The number of ether oxygens (including phenoxy) is 1. The van der Waals surface area contributed by atoms with Crippen molar-refractivity contribution < 1.29 is 13.9 Å².